The van der Waals surface area contributed by atoms with Crippen LogP contribution >= 0.6 is 0 Å². The van der Waals surface area contributed by atoms with Crippen molar-refractivity contribution < 1.29 is 8.42 Å². The molecule has 26 heavy (non-hydrogen) atoms. The minimum absolute atomic E-state index is 0.104. The van der Waals surface area contributed by atoms with Crippen LogP contribution < -0.4 is 4.72 Å². The summed E-state index contributed by atoms with van der Waals surface area (Å²) < 4.78 is 28.6. The van der Waals surface area contributed by atoms with Crippen LogP contribution in [0.4, 0.5) is 0 Å². The highest BCUT2D eigenvalue weighted by molar-refractivity contribution is 7.88. The van der Waals surface area contributed by atoms with Crippen molar-refractivity contribution in [3.05, 3.63) is 35.9 Å². The SMILES string of the molecule is CCC(C)CC1C2CC3CC1CC(C2)C3NS(=O)(=O)Cc1ccccc1. The molecule has 0 heterocycles. The van der Waals surface area contributed by atoms with Gasteiger partial charge in [0.15, 0.2) is 0 Å². The molecule has 4 bridgehead atoms. The Kier molecular flexibility index (Phi) is 5.17. The third kappa shape index (κ3) is 3.73. The lowest BCUT2D eigenvalue weighted by Gasteiger charge is -2.58. The second-order valence-corrected chi connectivity index (χ2v) is 11.0. The number of hydrogen-bond acceptors (Lipinski definition) is 2. The lowest BCUT2D eigenvalue weighted by Crippen LogP contribution is -2.58. The summed E-state index contributed by atoms with van der Waals surface area (Å²) in [6.07, 6.45) is 7.64. The van der Waals surface area contributed by atoms with Crippen molar-refractivity contribution in [3.8, 4) is 0 Å². The highest BCUT2D eigenvalue weighted by atomic mass is 32.2. The van der Waals surface area contributed by atoms with Crippen LogP contribution in [0.1, 0.15) is 57.9 Å². The molecule has 0 saturated heterocycles. The van der Waals surface area contributed by atoms with Gasteiger partial charge >= 0.3 is 0 Å². The first-order valence-corrected chi connectivity index (χ1v) is 12.1. The Morgan fingerprint density at radius 1 is 1.00 bits per heavy atom. The van der Waals surface area contributed by atoms with Gasteiger partial charge < -0.3 is 0 Å². The smallest absolute Gasteiger partial charge is 0.212 e. The second-order valence-electron chi connectivity index (χ2n) is 9.28. The van der Waals surface area contributed by atoms with Crippen molar-refractivity contribution in [2.75, 3.05) is 0 Å². The molecule has 4 saturated carbocycles. The molecule has 0 aromatic heterocycles. The lowest BCUT2D eigenvalue weighted by molar-refractivity contribution is -0.0627. The topological polar surface area (TPSA) is 46.2 Å². The van der Waals surface area contributed by atoms with Crippen LogP contribution in [0.5, 0.6) is 0 Å². The summed E-state index contributed by atoms with van der Waals surface area (Å²) in [5.74, 6) is 4.67. The van der Waals surface area contributed by atoms with Gasteiger partial charge in [0.25, 0.3) is 0 Å². The van der Waals surface area contributed by atoms with Crippen LogP contribution in [0.25, 0.3) is 0 Å². The Bertz CT molecular complexity index is 685. The largest absolute Gasteiger partial charge is 0.216 e. The van der Waals surface area contributed by atoms with E-state index in [1.54, 1.807) is 0 Å². The molecule has 3 nitrogen and oxygen atoms in total. The van der Waals surface area contributed by atoms with E-state index in [9.17, 15) is 8.42 Å². The second kappa shape index (κ2) is 7.27. The quantitative estimate of drug-likeness (QED) is 0.757. The Labute approximate surface area is 159 Å². The third-order valence-electron chi connectivity index (χ3n) is 7.54. The minimum atomic E-state index is -3.27. The van der Waals surface area contributed by atoms with Crippen LogP contribution in [0.3, 0.4) is 0 Å². The summed E-state index contributed by atoms with van der Waals surface area (Å²) in [6.45, 7) is 4.70. The zero-order valence-corrected chi connectivity index (χ0v) is 16.9. The Balaban J connectivity index is 1.41. The number of nitrogens with one attached hydrogen (secondary N) is 1. The first kappa shape index (κ1) is 18.5. The maximum absolute atomic E-state index is 12.7. The lowest BCUT2D eigenvalue weighted by atomic mass is 9.49. The fraction of sp³-hybridized carbons (Fsp3) is 0.727. The molecular weight excluding hydrogens is 342 g/mol. The van der Waals surface area contributed by atoms with Gasteiger partial charge in [-0.15, -0.1) is 0 Å². The van der Waals surface area contributed by atoms with Crippen molar-refractivity contribution >= 4 is 10.0 Å². The van der Waals surface area contributed by atoms with Gasteiger partial charge in [-0.2, -0.15) is 0 Å². The molecule has 4 heteroatoms. The number of rotatable bonds is 7. The van der Waals surface area contributed by atoms with Gasteiger partial charge in [0.05, 0.1) is 5.75 Å². The van der Waals surface area contributed by atoms with Crippen molar-refractivity contribution in [2.45, 2.75) is 64.2 Å². The van der Waals surface area contributed by atoms with Crippen molar-refractivity contribution in [1.82, 2.24) is 4.72 Å². The molecular formula is C22H33NO2S. The normalized spacial score (nSPS) is 37.0. The zero-order chi connectivity index (χ0) is 18.3. The summed E-state index contributed by atoms with van der Waals surface area (Å²) in [5, 5.41) is 0. The molecule has 0 amide bonds. The number of sulfonamides is 1. The van der Waals surface area contributed by atoms with Crippen LogP contribution in [0, 0.1) is 35.5 Å². The standard InChI is InChI=1S/C22H33NO2S/c1-3-15(2)9-21-17-10-19-12-18(21)13-20(11-17)22(19)23-26(24,25)14-16-7-5-4-6-8-16/h4-8,15,17-23H,3,9-14H2,1-2H3. The Morgan fingerprint density at radius 3 is 2.12 bits per heavy atom. The number of hydrogen-bond donors (Lipinski definition) is 1. The molecule has 4 aliphatic rings. The van der Waals surface area contributed by atoms with Gasteiger partial charge in [-0.05, 0) is 73.2 Å². The van der Waals surface area contributed by atoms with Gasteiger partial charge in [-0.3, -0.25) is 0 Å². The van der Waals surface area contributed by atoms with Crippen LogP contribution in [-0.2, 0) is 15.8 Å². The Morgan fingerprint density at radius 2 is 1.58 bits per heavy atom. The van der Waals surface area contributed by atoms with E-state index in [1.807, 2.05) is 30.3 Å². The van der Waals surface area contributed by atoms with Gasteiger partial charge in [0, 0.05) is 6.04 Å². The molecule has 0 radical (unpaired) electrons. The van der Waals surface area contributed by atoms with E-state index in [4.69, 9.17) is 0 Å². The van der Waals surface area contributed by atoms with E-state index in [-0.39, 0.29) is 11.8 Å². The summed E-state index contributed by atoms with van der Waals surface area (Å²) in [5.41, 5.74) is 0.873. The highest BCUT2D eigenvalue weighted by Crippen LogP contribution is 2.58. The van der Waals surface area contributed by atoms with Gasteiger partial charge in [-0.25, -0.2) is 13.1 Å². The first-order chi connectivity index (χ1) is 12.4. The van der Waals surface area contributed by atoms with E-state index < -0.39 is 10.0 Å². The van der Waals surface area contributed by atoms with E-state index in [0.29, 0.717) is 11.8 Å². The Hall–Kier alpha value is -0.870. The molecule has 0 aliphatic heterocycles. The van der Waals surface area contributed by atoms with E-state index in [0.717, 1.165) is 29.2 Å². The molecule has 5 rings (SSSR count). The van der Waals surface area contributed by atoms with Crippen LogP contribution in [0.2, 0.25) is 0 Å². The predicted octanol–water partition coefficient (Wildman–Crippen LogP) is 4.59. The van der Waals surface area contributed by atoms with Crippen molar-refractivity contribution in [3.63, 3.8) is 0 Å². The first-order valence-electron chi connectivity index (χ1n) is 10.5. The maximum atomic E-state index is 12.7. The third-order valence-corrected chi connectivity index (χ3v) is 8.88. The summed E-state index contributed by atoms with van der Waals surface area (Å²) in [7, 11) is -3.27. The zero-order valence-electron chi connectivity index (χ0n) is 16.1. The van der Waals surface area contributed by atoms with E-state index in [1.165, 1.54) is 38.5 Å². The molecule has 1 aromatic rings. The van der Waals surface area contributed by atoms with Crippen LogP contribution in [-0.4, -0.2) is 14.5 Å². The molecule has 1 unspecified atom stereocenters. The molecule has 1 aromatic carbocycles. The summed E-state index contributed by atoms with van der Waals surface area (Å²) >= 11 is 0. The summed E-state index contributed by atoms with van der Waals surface area (Å²) in [6, 6.07) is 9.72. The van der Waals surface area contributed by atoms with E-state index >= 15 is 0 Å². The fourth-order valence-corrected chi connectivity index (χ4v) is 7.76. The van der Waals surface area contributed by atoms with Gasteiger partial charge in [0.1, 0.15) is 0 Å². The van der Waals surface area contributed by atoms with Crippen molar-refractivity contribution in [1.29, 1.82) is 0 Å². The van der Waals surface area contributed by atoms with Gasteiger partial charge in [0.2, 0.25) is 10.0 Å². The molecule has 1 N–H and O–H groups in total. The maximum Gasteiger partial charge on any atom is 0.216 e. The molecule has 4 fully saturated rings. The molecule has 1 atom stereocenters. The van der Waals surface area contributed by atoms with Crippen LogP contribution in [0.15, 0.2) is 30.3 Å². The minimum Gasteiger partial charge on any atom is -0.212 e. The fourth-order valence-electron chi connectivity index (χ4n) is 6.25. The van der Waals surface area contributed by atoms with Gasteiger partial charge in [-0.1, -0.05) is 50.6 Å². The predicted molar refractivity (Wildman–Crippen MR) is 106 cm³/mol. The number of benzene rings is 1. The monoisotopic (exact) mass is 375 g/mol. The average molecular weight is 376 g/mol. The molecule has 4 aliphatic carbocycles. The average Bonchev–Trinajstić information content (AvgIpc) is 2.59. The summed E-state index contributed by atoms with van der Waals surface area (Å²) in [4.78, 5) is 0. The highest BCUT2D eigenvalue weighted by Gasteiger charge is 2.53. The van der Waals surface area contributed by atoms with Crippen molar-refractivity contribution in [2.24, 2.45) is 35.5 Å². The molecule has 144 valence electrons. The molecule has 0 spiro atoms. The van der Waals surface area contributed by atoms with E-state index in [2.05, 4.69) is 18.6 Å².